The van der Waals surface area contributed by atoms with E-state index in [0.717, 1.165) is 25.0 Å². The van der Waals surface area contributed by atoms with Gasteiger partial charge in [0.05, 0.1) is 5.56 Å². The number of amides is 2. The molecule has 23 heavy (non-hydrogen) atoms. The van der Waals surface area contributed by atoms with Gasteiger partial charge in [0.15, 0.2) is 18.2 Å². The van der Waals surface area contributed by atoms with Gasteiger partial charge in [-0.15, -0.1) is 0 Å². The van der Waals surface area contributed by atoms with Crippen molar-refractivity contribution in [2.24, 2.45) is 5.73 Å². The number of likely N-dealkylation sites (tertiary alicyclic amines) is 1. The van der Waals surface area contributed by atoms with Crippen molar-refractivity contribution in [3.63, 3.8) is 0 Å². The molecule has 0 saturated carbocycles. The molecule has 0 spiro atoms. The summed E-state index contributed by atoms with van der Waals surface area (Å²) in [6.45, 7) is -0.239. The zero-order chi connectivity index (χ0) is 17.0. The van der Waals surface area contributed by atoms with Crippen LogP contribution in [-0.2, 0) is 14.3 Å². The monoisotopic (exact) mass is 326 g/mol. The van der Waals surface area contributed by atoms with Gasteiger partial charge in [0.1, 0.15) is 6.04 Å². The Labute approximate surface area is 131 Å². The van der Waals surface area contributed by atoms with Crippen molar-refractivity contribution in [1.82, 2.24) is 4.90 Å². The molecule has 1 heterocycles. The third-order valence-corrected chi connectivity index (χ3v) is 3.63. The number of halogens is 2. The average Bonchev–Trinajstić information content (AvgIpc) is 2.54. The Hall–Kier alpha value is -2.51. The minimum atomic E-state index is -1.18. The van der Waals surface area contributed by atoms with Crippen LogP contribution in [0.4, 0.5) is 8.78 Å². The van der Waals surface area contributed by atoms with Crippen LogP contribution in [0.25, 0.3) is 0 Å². The maximum atomic E-state index is 13.1. The van der Waals surface area contributed by atoms with Gasteiger partial charge in [-0.3, -0.25) is 9.59 Å². The molecule has 2 amide bonds. The lowest BCUT2D eigenvalue weighted by molar-refractivity contribution is -0.143. The van der Waals surface area contributed by atoms with E-state index in [1.807, 2.05) is 0 Å². The predicted molar refractivity (Wildman–Crippen MR) is 75.2 cm³/mol. The molecule has 1 aliphatic rings. The molecule has 0 radical (unpaired) electrons. The Morgan fingerprint density at radius 2 is 1.96 bits per heavy atom. The first-order chi connectivity index (χ1) is 10.9. The summed E-state index contributed by atoms with van der Waals surface area (Å²) in [4.78, 5) is 36.4. The summed E-state index contributed by atoms with van der Waals surface area (Å²) in [5.74, 6) is -4.38. The van der Waals surface area contributed by atoms with Crippen molar-refractivity contribution < 1.29 is 27.9 Å². The summed E-state index contributed by atoms with van der Waals surface area (Å²) in [6.07, 6.45) is 1.98. The van der Waals surface area contributed by atoms with Crippen molar-refractivity contribution in [2.45, 2.75) is 25.3 Å². The first kappa shape index (κ1) is 16.9. The summed E-state index contributed by atoms with van der Waals surface area (Å²) in [5.41, 5.74) is 5.05. The van der Waals surface area contributed by atoms with Gasteiger partial charge >= 0.3 is 5.97 Å². The Morgan fingerprint density at radius 3 is 2.61 bits per heavy atom. The van der Waals surface area contributed by atoms with Crippen LogP contribution >= 0.6 is 0 Å². The van der Waals surface area contributed by atoms with E-state index in [4.69, 9.17) is 10.5 Å². The molecule has 0 aliphatic carbocycles. The van der Waals surface area contributed by atoms with Crippen molar-refractivity contribution in [3.8, 4) is 0 Å². The maximum absolute atomic E-state index is 13.1. The highest BCUT2D eigenvalue weighted by Crippen LogP contribution is 2.17. The lowest BCUT2D eigenvalue weighted by atomic mass is 10.0. The Kier molecular flexibility index (Phi) is 5.25. The number of primary amides is 1. The third-order valence-electron chi connectivity index (χ3n) is 3.63. The number of carbonyl (C=O) groups is 3. The standard InChI is InChI=1S/C15H16F2N2O4/c16-10-5-4-9(7-11(10)17)15(22)23-8-13(20)19-6-2-1-3-12(19)14(18)21/h4-5,7,12H,1-3,6,8H2,(H2,18,21)/t12-/m0/s1. The summed E-state index contributed by atoms with van der Waals surface area (Å²) >= 11 is 0. The zero-order valence-electron chi connectivity index (χ0n) is 12.3. The van der Waals surface area contributed by atoms with Gasteiger partial charge in [0.25, 0.3) is 5.91 Å². The summed E-state index contributed by atoms with van der Waals surface area (Å²) in [6, 6.07) is 1.83. The van der Waals surface area contributed by atoms with Crippen LogP contribution in [-0.4, -0.2) is 41.9 Å². The minimum Gasteiger partial charge on any atom is -0.452 e. The van der Waals surface area contributed by atoms with Gasteiger partial charge in [0.2, 0.25) is 5.91 Å². The van der Waals surface area contributed by atoms with Crippen LogP contribution in [0.1, 0.15) is 29.6 Å². The second kappa shape index (κ2) is 7.17. The van der Waals surface area contributed by atoms with Crippen LogP contribution in [0.2, 0.25) is 0 Å². The summed E-state index contributed by atoms with van der Waals surface area (Å²) in [7, 11) is 0. The summed E-state index contributed by atoms with van der Waals surface area (Å²) in [5, 5.41) is 0. The topological polar surface area (TPSA) is 89.7 Å². The van der Waals surface area contributed by atoms with E-state index >= 15 is 0 Å². The number of benzene rings is 1. The molecule has 0 bridgehead atoms. The molecular weight excluding hydrogens is 310 g/mol. The molecule has 2 rings (SSSR count). The Balaban J connectivity index is 1.96. The smallest absolute Gasteiger partial charge is 0.338 e. The van der Waals surface area contributed by atoms with E-state index in [1.54, 1.807) is 0 Å². The maximum Gasteiger partial charge on any atom is 0.338 e. The lowest BCUT2D eigenvalue weighted by Gasteiger charge is -2.33. The van der Waals surface area contributed by atoms with Gasteiger partial charge < -0.3 is 15.4 Å². The number of hydrogen-bond acceptors (Lipinski definition) is 4. The molecule has 6 nitrogen and oxygen atoms in total. The van der Waals surface area contributed by atoms with E-state index in [-0.39, 0.29) is 5.56 Å². The highest BCUT2D eigenvalue weighted by molar-refractivity contribution is 5.92. The van der Waals surface area contributed by atoms with Crippen molar-refractivity contribution in [1.29, 1.82) is 0 Å². The average molecular weight is 326 g/mol. The molecule has 0 aromatic heterocycles. The van der Waals surface area contributed by atoms with Crippen LogP contribution in [0.15, 0.2) is 18.2 Å². The van der Waals surface area contributed by atoms with Gasteiger partial charge in [-0.05, 0) is 37.5 Å². The molecule has 124 valence electrons. The number of nitrogens with two attached hydrogens (primary N) is 1. The highest BCUT2D eigenvalue weighted by Gasteiger charge is 2.31. The first-order valence-electron chi connectivity index (χ1n) is 7.11. The lowest BCUT2D eigenvalue weighted by Crippen LogP contribution is -2.51. The van der Waals surface area contributed by atoms with Crippen LogP contribution in [0.5, 0.6) is 0 Å². The summed E-state index contributed by atoms with van der Waals surface area (Å²) < 4.78 is 30.7. The predicted octanol–water partition coefficient (Wildman–Crippen LogP) is 0.988. The van der Waals surface area contributed by atoms with Crippen molar-refractivity contribution in [3.05, 3.63) is 35.4 Å². The fourth-order valence-electron chi connectivity index (χ4n) is 2.44. The number of ether oxygens (including phenoxy) is 1. The fraction of sp³-hybridized carbons (Fsp3) is 0.400. The number of esters is 1. The molecular formula is C15H16F2N2O4. The van der Waals surface area contributed by atoms with Crippen molar-refractivity contribution >= 4 is 17.8 Å². The Bertz CT molecular complexity index is 636. The third kappa shape index (κ3) is 4.02. The normalized spacial score (nSPS) is 17.7. The van der Waals surface area contributed by atoms with E-state index in [1.165, 1.54) is 4.90 Å². The molecule has 1 aliphatic heterocycles. The molecule has 1 aromatic carbocycles. The molecule has 1 fully saturated rings. The van der Waals surface area contributed by atoms with Gasteiger partial charge in [-0.2, -0.15) is 0 Å². The van der Waals surface area contributed by atoms with Crippen LogP contribution < -0.4 is 5.73 Å². The van der Waals surface area contributed by atoms with Crippen molar-refractivity contribution in [2.75, 3.05) is 13.2 Å². The van der Waals surface area contributed by atoms with E-state index < -0.39 is 42.1 Å². The second-order valence-corrected chi connectivity index (χ2v) is 5.21. The first-order valence-corrected chi connectivity index (χ1v) is 7.11. The molecule has 0 unspecified atom stereocenters. The van der Waals surface area contributed by atoms with E-state index in [9.17, 15) is 23.2 Å². The number of piperidine rings is 1. The largest absolute Gasteiger partial charge is 0.452 e. The van der Waals surface area contributed by atoms with Gasteiger partial charge in [-0.1, -0.05) is 0 Å². The fourth-order valence-corrected chi connectivity index (χ4v) is 2.44. The molecule has 8 heteroatoms. The van der Waals surface area contributed by atoms with E-state index in [2.05, 4.69) is 0 Å². The van der Waals surface area contributed by atoms with Gasteiger partial charge in [-0.25, -0.2) is 13.6 Å². The number of carbonyl (C=O) groups excluding carboxylic acids is 3. The second-order valence-electron chi connectivity index (χ2n) is 5.21. The minimum absolute atomic E-state index is 0.207. The molecule has 1 aromatic rings. The quantitative estimate of drug-likeness (QED) is 0.836. The van der Waals surface area contributed by atoms with Crippen LogP contribution in [0, 0.1) is 11.6 Å². The molecule has 1 saturated heterocycles. The SMILES string of the molecule is NC(=O)[C@@H]1CCCCN1C(=O)COC(=O)c1ccc(F)c(F)c1. The van der Waals surface area contributed by atoms with E-state index in [0.29, 0.717) is 19.0 Å². The zero-order valence-corrected chi connectivity index (χ0v) is 12.3. The highest BCUT2D eigenvalue weighted by atomic mass is 19.2. The van der Waals surface area contributed by atoms with Gasteiger partial charge in [0, 0.05) is 6.54 Å². The number of nitrogens with zero attached hydrogens (tertiary/aromatic N) is 1. The molecule has 1 atom stereocenters. The Morgan fingerprint density at radius 1 is 1.22 bits per heavy atom. The molecule has 2 N–H and O–H groups in total. The number of hydrogen-bond donors (Lipinski definition) is 1. The number of rotatable bonds is 4. The van der Waals surface area contributed by atoms with Crippen LogP contribution in [0.3, 0.4) is 0 Å².